The number of benzene rings is 6. The first kappa shape index (κ1) is 22.6. The molecule has 0 aliphatic rings. The third-order valence-electron chi connectivity index (χ3n) is 7.39. The molecule has 0 aliphatic carbocycles. The predicted molar refractivity (Wildman–Crippen MR) is 158 cm³/mol. The minimum Gasteiger partial charge on any atom is -0.0616 e. The van der Waals surface area contributed by atoms with E-state index in [0.717, 1.165) is 0 Å². The van der Waals surface area contributed by atoms with Crippen molar-refractivity contribution in [3.05, 3.63) is 120 Å². The van der Waals surface area contributed by atoms with Gasteiger partial charge >= 0.3 is 0 Å². The van der Waals surface area contributed by atoms with E-state index in [4.69, 9.17) is 0 Å². The second kappa shape index (κ2) is 8.35. The van der Waals surface area contributed by atoms with E-state index in [9.17, 15) is 0 Å². The Labute approximate surface area is 214 Å². The first-order chi connectivity index (χ1) is 17.3. The van der Waals surface area contributed by atoms with Crippen molar-refractivity contribution in [2.75, 3.05) is 0 Å². The molecule has 0 fully saturated rings. The van der Waals surface area contributed by atoms with Crippen LogP contribution in [-0.4, -0.2) is 0 Å². The van der Waals surface area contributed by atoms with Gasteiger partial charge in [-0.15, -0.1) is 0 Å². The molecule has 0 radical (unpaired) electrons. The predicted octanol–water partition coefficient (Wildman–Crippen LogP) is 10.4. The molecule has 0 aliphatic heterocycles. The zero-order valence-corrected chi connectivity index (χ0v) is 21.8. The van der Waals surface area contributed by atoms with E-state index in [1.54, 1.807) is 0 Å². The van der Waals surface area contributed by atoms with Gasteiger partial charge in [-0.2, -0.15) is 0 Å². The molecule has 0 saturated carbocycles. The summed E-state index contributed by atoms with van der Waals surface area (Å²) in [5.74, 6) is 0. The lowest BCUT2D eigenvalue weighted by Gasteiger charge is -2.27. The maximum atomic E-state index is 2.44. The van der Waals surface area contributed by atoms with Crippen molar-refractivity contribution in [2.45, 2.75) is 40.0 Å². The van der Waals surface area contributed by atoms with Crippen LogP contribution in [0.25, 0.3) is 54.6 Å². The zero-order valence-electron chi connectivity index (χ0n) is 21.8. The Morgan fingerprint density at radius 2 is 1.08 bits per heavy atom. The maximum absolute atomic E-state index is 2.44. The molecule has 0 spiro atoms. The van der Waals surface area contributed by atoms with Crippen molar-refractivity contribution in [1.82, 2.24) is 0 Å². The van der Waals surface area contributed by atoms with E-state index in [1.165, 1.54) is 71.3 Å². The fourth-order valence-electron chi connectivity index (χ4n) is 6.04. The average Bonchev–Trinajstić information content (AvgIpc) is 2.85. The van der Waals surface area contributed by atoms with E-state index in [1.807, 2.05) is 0 Å². The Balaban J connectivity index is 1.80. The van der Waals surface area contributed by atoms with E-state index in [0.29, 0.717) is 0 Å². The molecule has 0 bridgehead atoms. The van der Waals surface area contributed by atoms with Crippen LogP contribution in [0.15, 0.2) is 103 Å². The van der Waals surface area contributed by atoms with E-state index in [2.05, 4.69) is 138 Å². The van der Waals surface area contributed by atoms with Crippen LogP contribution in [0.4, 0.5) is 0 Å². The van der Waals surface area contributed by atoms with Gasteiger partial charge < -0.3 is 0 Å². The molecule has 6 aromatic rings. The highest BCUT2D eigenvalue weighted by Gasteiger charge is 2.24. The third-order valence-corrected chi connectivity index (χ3v) is 7.39. The van der Waals surface area contributed by atoms with Crippen molar-refractivity contribution in [1.29, 1.82) is 0 Å². The van der Waals surface area contributed by atoms with Gasteiger partial charge in [-0.05, 0) is 85.5 Å². The van der Waals surface area contributed by atoms with Crippen LogP contribution < -0.4 is 0 Å². The minimum atomic E-state index is -0.00369. The molecule has 36 heavy (non-hydrogen) atoms. The standard InChI is InChI=1S/C36H32/c1-23-19-24(2)21-27(20-23)26-17-18-31-33(22-26)35(36(3,4)5)32-15-9-8-14-30(32)34(31)29-16-10-12-25-11-6-7-13-28(25)29/h6-22H,1-5H3. The van der Waals surface area contributed by atoms with Crippen molar-refractivity contribution in [2.24, 2.45) is 0 Å². The smallest absolute Gasteiger partial charge is 0.00204 e. The van der Waals surface area contributed by atoms with Gasteiger partial charge in [0.25, 0.3) is 0 Å². The maximum Gasteiger partial charge on any atom is -0.00204 e. The van der Waals surface area contributed by atoms with Gasteiger partial charge in [0.1, 0.15) is 0 Å². The summed E-state index contributed by atoms with van der Waals surface area (Å²) in [5.41, 5.74) is 9.21. The van der Waals surface area contributed by atoms with Crippen molar-refractivity contribution >= 4 is 32.3 Å². The Morgan fingerprint density at radius 1 is 0.472 bits per heavy atom. The Hall–Kier alpha value is -3.90. The average molecular weight is 465 g/mol. The van der Waals surface area contributed by atoms with Crippen molar-refractivity contribution in [3.8, 4) is 22.3 Å². The van der Waals surface area contributed by atoms with Crippen LogP contribution in [-0.2, 0) is 5.41 Å². The summed E-state index contributed by atoms with van der Waals surface area (Å²) in [6, 6.07) is 38.4. The Morgan fingerprint density at radius 3 is 1.81 bits per heavy atom. The summed E-state index contributed by atoms with van der Waals surface area (Å²) in [6.07, 6.45) is 0. The van der Waals surface area contributed by atoms with Gasteiger partial charge in [-0.25, -0.2) is 0 Å². The van der Waals surface area contributed by atoms with Gasteiger partial charge in [0.05, 0.1) is 0 Å². The van der Waals surface area contributed by atoms with Gasteiger partial charge in [0.15, 0.2) is 0 Å². The fourth-order valence-corrected chi connectivity index (χ4v) is 6.04. The molecule has 0 unspecified atom stereocenters. The van der Waals surface area contributed by atoms with E-state index < -0.39 is 0 Å². The molecule has 0 N–H and O–H groups in total. The molecule has 0 heterocycles. The van der Waals surface area contributed by atoms with E-state index >= 15 is 0 Å². The summed E-state index contributed by atoms with van der Waals surface area (Å²) in [5, 5.41) is 7.92. The summed E-state index contributed by atoms with van der Waals surface area (Å²) in [7, 11) is 0. The number of aryl methyl sites for hydroxylation is 2. The van der Waals surface area contributed by atoms with Crippen LogP contribution in [0, 0.1) is 13.8 Å². The van der Waals surface area contributed by atoms with Crippen LogP contribution in [0.5, 0.6) is 0 Å². The summed E-state index contributed by atoms with van der Waals surface area (Å²) in [4.78, 5) is 0. The molecule has 0 nitrogen and oxygen atoms in total. The number of hydrogen-bond acceptors (Lipinski definition) is 0. The van der Waals surface area contributed by atoms with Crippen molar-refractivity contribution < 1.29 is 0 Å². The topological polar surface area (TPSA) is 0 Å². The normalized spacial score (nSPS) is 12.0. The highest BCUT2D eigenvalue weighted by atomic mass is 14.3. The summed E-state index contributed by atoms with van der Waals surface area (Å²) in [6.45, 7) is 11.4. The number of rotatable bonds is 2. The molecular formula is C36H32. The highest BCUT2D eigenvalue weighted by molar-refractivity contribution is 6.19. The largest absolute Gasteiger partial charge is 0.0616 e. The summed E-state index contributed by atoms with van der Waals surface area (Å²) >= 11 is 0. The zero-order chi connectivity index (χ0) is 25.0. The third kappa shape index (κ3) is 3.69. The monoisotopic (exact) mass is 464 g/mol. The number of hydrogen-bond donors (Lipinski definition) is 0. The first-order valence-corrected chi connectivity index (χ1v) is 12.9. The highest BCUT2D eigenvalue weighted by Crippen LogP contribution is 2.46. The van der Waals surface area contributed by atoms with Crippen LogP contribution >= 0.6 is 0 Å². The fraction of sp³-hybridized carbons (Fsp3) is 0.167. The molecule has 0 heteroatoms. The lowest BCUT2D eigenvalue weighted by molar-refractivity contribution is 0.601. The van der Waals surface area contributed by atoms with Crippen LogP contribution in [0.3, 0.4) is 0 Å². The van der Waals surface area contributed by atoms with Crippen molar-refractivity contribution in [3.63, 3.8) is 0 Å². The lowest BCUT2D eigenvalue weighted by atomic mass is 9.77. The van der Waals surface area contributed by atoms with Crippen LogP contribution in [0.2, 0.25) is 0 Å². The molecule has 6 rings (SSSR count). The molecule has 0 aromatic heterocycles. The van der Waals surface area contributed by atoms with Gasteiger partial charge in [-0.1, -0.05) is 129 Å². The molecule has 176 valence electrons. The van der Waals surface area contributed by atoms with Gasteiger partial charge in [-0.3, -0.25) is 0 Å². The minimum absolute atomic E-state index is 0.00369. The SMILES string of the molecule is Cc1cc(C)cc(-c2ccc3c(-c4cccc5ccccc45)c4ccccc4c(C(C)(C)C)c3c2)c1. The van der Waals surface area contributed by atoms with Gasteiger partial charge in [0.2, 0.25) is 0 Å². The summed E-state index contributed by atoms with van der Waals surface area (Å²) < 4.78 is 0. The second-order valence-corrected chi connectivity index (χ2v) is 11.2. The quantitative estimate of drug-likeness (QED) is 0.224. The number of fused-ring (bicyclic) bond motifs is 3. The van der Waals surface area contributed by atoms with Crippen LogP contribution in [0.1, 0.15) is 37.5 Å². The molecule has 6 aromatic carbocycles. The lowest BCUT2D eigenvalue weighted by Crippen LogP contribution is -2.13. The van der Waals surface area contributed by atoms with Gasteiger partial charge in [0, 0.05) is 0 Å². The Bertz CT molecular complexity index is 1750. The molecular weight excluding hydrogens is 432 g/mol. The Kier molecular flexibility index (Phi) is 5.23. The second-order valence-electron chi connectivity index (χ2n) is 11.2. The molecule has 0 atom stereocenters. The first-order valence-electron chi connectivity index (χ1n) is 12.9. The molecule has 0 amide bonds. The van der Waals surface area contributed by atoms with E-state index in [-0.39, 0.29) is 5.41 Å². The molecule has 0 saturated heterocycles.